The SMILES string of the molecule is Fc1ccc(CN2CCC[C@@]3(CCNC3)C2)cc1. The van der Waals surface area contributed by atoms with Crippen molar-refractivity contribution in [2.45, 2.75) is 25.8 Å². The van der Waals surface area contributed by atoms with Gasteiger partial charge in [-0.1, -0.05) is 12.1 Å². The average molecular weight is 248 g/mol. The van der Waals surface area contributed by atoms with Crippen LogP contribution in [-0.4, -0.2) is 31.1 Å². The van der Waals surface area contributed by atoms with Gasteiger partial charge in [0, 0.05) is 19.6 Å². The molecule has 2 heterocycles. The Labute approximate surface area is 108 Å². The lowest BCUT2D eigenvalue weighted by Gasteiger charge is -2.40. The third kappa shape index (κ3) is 2.57. The molecular formula is C15H21FN2. The van der Waals surface area contributed by atoms with Gasteiger partial charge in [0.2, 0.25) is 0 Å². The third-order valence-corrected chi connectivity index (χ3v) is 4.39. The van der Waals surface area contributed by atoms with Crippen molar-refractivity contribution in [2.24, 2.45) is 5.41 Å². The van der Waals surface area contributed by atoms with Crippen LogP contribution in [0, 0.1) is 11.2 Å². The highest BCUT2D eigenvalue weighted by Crippen LogP contribution is 2.35. The minimum absolute atomic E-state index is 0.145. The molecule has 0 radical (unpaired) electrons. The molecule has 3 rings (SSSR count). The molecule has 2 saturated heterocycles. The van der Waals surface area contributed by atoms with Crippen molar-refractivity contribution < 1.29 is 4.39 Å². The lowest BCUT2D eigenvalue weighted by atomic mass is 9.79. The second kappa shape index (κ2) is 4.98. The summed E-state index contributed by atoms with van der Waals surface area (Å²) in [7, 11) is 0. The van der Waals surface area contributed by atoms with Gasteiger partial charge in [-0.05, 0) is 55.5 Å². The van der Waals surface area contributed by atoms with Crippen molar-refractivity contribution in [2.75, 3.05) is 26.2 Å². The number of rotatable bonds is 2. The van der Waals surface area contributed by atoms with Crippen LogP contribution in [-0.2, 0) is 6.54 Å². The van der Waals surface area contributed by atoms with E-state index < -0.39 is 0 Å². The summed E-state index contributed by atoms with van der Waals surface area (Å²) < 4.78 is 12.9. The van der Waals surface area contributed by atoms with E-state index in [1.54, 1.807) is 12.1 Å². The molecule has 1 atom stereocenters. The molecule has 0 aliphatic carbocycles. The van der Waals surface area contributed by atoms with Crippen molar-refractivity contribution in [3.8, 4) is 0 Å². The highest BCUT2D eigenvalue weighted by molar-refractivity contribution is 5.16. The number of halogens is 1. The predicted octanol–water partition coefficient (Wildman–Crippen LogP) is 2.40. The fourth-order valence-electron chi connectivity index (χ4n) is 3.44. The molecule has 0 unspecified atom stereocenters. The summed E-state index contributed by atoms with van der Waals surface area (Å²) in [5.74, 6) is -0.145. The molecule has 2 nitrogen and oxygen atoms in total. The Kier molecular flexibility index (Phi) is 3.35. The number of piperidine rings is 1. The number of hydrogen-bond donors (Lipinski definition) is 1. The highest BCUT2D eigenvalue weighted by Gasteiger charge is 2.37. The summed E-state index contributed by atoms with van der Waals surface area (Å²) in [5, 5.41) is 3.50. The fourth-order valence-corrected chi connectivity index (χ4v) is 3.44. The lowest BCUT2D eigenvalue weighted by molar-refractivity contribution is 0.0978. The van der Waals surface area contributed by atoms with Gasteiger partial charge in [0.1, 0.15) is 5.82 Å². The fraction of sp³-hybridized carbons (Fsp3) is 0.600. The first-order valence-corrected chi connectivity index (χ1v) is 6.93. The van der Waals surface area contributed by atoms with Crippen molar-refractivity contribution in [1.82, 2.24) is 10.2 Å². The second-order valence-electron chi connectivity index (χ2n) is 5.87. The zero-order valence-electron chi connectivity index (χ0n) is 10.8. The normalized spacial score (nSPS) is 28.9. The van der Waals surface area contributed by atoms with E-state index in [0.29, 0.717) is 5.41 Å². The summed E-state index contributed by atoms with van der Waals surface area (Å²) in [5.41, 5.74) is 1.73. The molecular weight excluding hydrogens is 227 g/mol. The van der Waals surface area contributed by atoms with Gasteiger partial charge in [-0.3, -0.25) is 4.90 Å². The largest absolute Gasteiger partial charge is 0.316 e. The molecule has 1 spiro atoms. The Bertz CT molecular complexity index is 395. The Morgan fingerprint density at radius 3 is 2.78 bits per heavy atom. The summed E-state index contributed by atoms with van der Waals surface area (Å²) in [6.07, 6.45) is 3.97. The Balaban J connectivity index is 1.64. The first-order valence-electron chi connectivity index (χ1n) is 6.93. The maximum atomic E-state index is 12.9. The second-order valence-corrected chi connectivity index (χ2v) is 5.87. The average Bonchev–Trinajstić information content (AvgIpc) is 2.80. The predicted molar refractivity (Wildman–Crippen MR) is 70.8 cm³/mol. The van der Waals surface area contributed by atoms with Gasteiger partial charge in [-0.15, -0.1) is 0 Å². The maximum Gasteiger partial charge on any atom is 0.123 e. The third-order valence-electron chi connectivity index (χ3n) is 4.39. The molecule has 1 N–H and O–H groups in total. The van der Waals surface area contributed by atoms with Gasteiger partial charge in [-0.2, -0.15) is 0 Å². The van der Waals surface area contributed by atoms with Crippen molar-refractivity contribution in [1.29, 1.82) is 0 Å². The van der Waals surface area contributed by atoms with Crippen LogP contribution in [0.5, 0.6) is 0 Å². The molecule has 0 bridgehead atoms. The standard InChI is InChI=1S/C15H21FN2/c16-14-4-2-13(3-5-14)10-18-9-1-6-15(12-18)7-8-17-11-15/h2-5,17H,1,6-12H2/t15-/m0/s1. The van der Waals surface area contributed by atoms with Crippen LogP contribution >= 0.6 is 0 Å². The van der Waals surface area contributed by atoms with Gasteiger partial charge in [0.15, 0.2) is 0 Å². The molecule has 0 amide bonds. The minimum Gasteiger partial charge on any atom is -0.316 e. The topological polar surface area (TPSA) is 15.3 Å². The van der Waals surface area contributed by atoms with Gasteiger partial charge >= 0.3 is 0 Å². The summed E-state index contributed by atoms with van der Waals surface area (Å²) in [6, 6.07) is 6.94. The molecule has 18 heavy (non-hydrogen) atoms. The summed E-state index contributed by atoms with van der Waals surface area (Å²) in [4.78, 5) is 2.53. The van der Waals surface area contributed by atoms with E-state index in [1.807, 2.05) is 12.1 Å². The van der Waals surface area contributed by atoms with Crippen LogP contribution in [0.15, 0.2) is 24.3 Å². The van der Waals surface area contributed by atoms with Gasteiger partial charge in [-0.25, -0.2) is 4.39 Å². The molecule has 98 valence electrons. The first kappa shape index (κ1) is 12.1. The van der Waals surface area contributed by atoms with E-state index in [9.17, 15) is 4.39 Å². The Morgan fingerprint density at radius 2 is 2.06 bits per heavy atom. The number of hydrogen-bond acceptors (Lipinski definition) is 2. The Morgan fingerprint density at radius 1 is 1.22 bits per heavy atom. The molecule has 0 saturated carbocycles. The van der Waals surface area contributed by atoms with Gasteiger partial charge < -0.3 is 5.32 Å². The molecule has 3 heteroatoms. The van der Waals surface area contributed by atoms with E-state index in [2.05, 4.69) is 10.2 Å². The van der Waals surface area contributed by atoms with E-state index in [1.165, 1.54) is 51.0 Å². The van der Waals surface area contributed by atoms with E-state index in [0.717, 1.165) is 6.54 Å². The Hall–Kier alpha value is -0.930. The zero-order valence-corrected chi connectivity index (χ0v) is 10.8. The molecule has 2 fully saturated rings. The quantitative estimate of drug-likeness (QED) is 0.864. The van der Waals surface area contributed by atoms with Crippen molar-refractivity contribution >= 4 is 0 Å². The van der Waals surface area contributed by atoms with Crippen molar-refractivity contribution in [3.63, 3.8) is 0 Å². The lowest BCUT2D eigenvalue weighted by Crippen LogP contribution is -2.43. The van der Waals surface area contributed by atoms with Crippen LogP contribution in [0.4, 0.5) is 4.39 Å². The van der Waals surface area contributed by atoms with E-state index >= 15 is 0 Å². The number of nitrogens with one attached hydrogen (secondary N) is 1. The van der Waals surface area contributed by atoms with Gasteiger partial charge in [0.05, 0.1) is 0 Å². The first-order chi connectivity index (χ1) is 8.76. The monoisotopic (exact) mass is 248 g/mol. The van der Waals surface area contributed by atoms with Crippen LogP contribution in [0.2, 0.25) is 0 Å². The maximum absolute atomic E-state index is 12.9. The van der Waals surface area contributed by atoms with Gasteiger partial charge in [0.25, 0.3) is 0 Å². The van der Waals surface area contributed by atoms with E-state index in [-0.39, 0.29) is 5.82 Å². The minimum atomic E-state index is -0.145. The molecule has 0 aromatic heterocycles. The summed E-state index contributed by atoms with van der Waals surface area (Å²) in [6.45, 7) is 5.68. The summed E-state index contributed by atoms with van der Waals surface area (Å²) >= 11 is 0. The molecule has 2 aliphatic heterocycles. The van der Waals surface area contributed by atoms with Crippen molar-refractivity contribution in [3.05, 3.63) is 35.6 Å². The molecule has 1 aromatic carbocycles. The van der Waals surface area contributed by atoms with Crippen LogP contribution in [0.1, 0.15) is 24.8 Å². The number of likely N-dealkylation sites (tertiary alicyclic amines) is 1. The highest BCUT2D eigenvalue weighted by atomic mass is 19.1. The number of benzene rings is 1. The molecule has 2 aliphatic rings. The van der Waals surface area contributed by atoms with E-state index in [4.69, 9.17) is 0 Å². The van der Waals surface area contributed by atoms with Crippen LogP contribution in [0.25, 0.3) is 0 Å². The van der Waals surface area contributed by atoms with Crippen LogP contribution in [0.3, 0.4) is 0 Å². The zero-order chi connectivity index (χ0) is 12.4. The molecule has 1 aromatic rings. The van der Waals surface area contributed by atoms with Crippen LogP contribution < -0.4 is 5.32 Å². The smallest absolute Gasteiger partial charge is 0.123 e. The number of nitrogens with zero attached hydrogens (tertiary/aromatic N) is 1.